The average Bonchev–Trinajstić information content (AvgIpc) is 3.17. The minimum absolute atomic E-state index is 0.725. The number of rotatable bonds is 6. The fraction of sp³-hybridized carbons (Fsp3) is 0.304. The zero-order chi connectivity index (χ0) is 19.2. The summed E-state index contributed by atoms with van der Waals surface area (Å²) >= 11 is 1.77. The van der Waals surface area contributed by atoms with Gasteiger partial charge in [-0.2, -0.15) is 5.26 Å². The Kier molecular flexibility index (Phi) is 6.13. The normalized spacial score (nSPS) is 15.4. The van der Waals surface area contributed by atoms with Crippen molar-refractivity contribution in [2.75, 3.05) is 26.2 Å². The second-order valence-electron chi connectivity index (χ2n) is 7.26. The van der Waals surface area contributed by atoms with E-state index in [-0.39, 0.29) is 0 Å². The van der Waals surface area contributed by atoms with Crippen LogP contribution in [0.2, 0.25) is 0 Å². The average molecular weight is 389 g/mol. The summed E-state index contributed by atoms with van der Waals surface area (Å²) in [5.74, 6) is 0. The molecule has 0 spiro atoms. The zero-order valence-electron chi connectivity index (χ0n) is 15.9. The van der Waals surface area contributed by atoms with Crippen LogP contribution in [0.4, 0.5) is 0 Å². The first-order valence-electron chi connectivity index (χ1n) is 9.69. The summed E-state index contributed by atoms with van der Waals surface area (Å²) in [6.07, 6.45) is 0.921. The first-order chi connectivity index (χ1) is 13.8. The van der Waals surface area contributed by atoms with Crippen molar-refractivity contribution in [2.45, 2.75) is 19.5 Å². The highest BCUT2D eigenvalue weighted by Gasteiger charge is 2.18. The maximum atomic E-state index is 8.91. The lowest BCUT2D eigenvalue weighted by Gasteiger charge is -2.34. The van der Waals surface area contributed by atoms with Crippen molar-refractivity contribution in [3.05, 3.63) is 87.4 Å². The minimum atomic E-state index is 0.725. The zero-order valence-corrected chi connectivity index (χ0v) is 16.7. The van der Waals surface area contributed by atoms with Gasteiger partial charge in [-0.05, 0) is 23.3 Å². The van der Waals surface area contributed by atoms with Gasteiger partial charge < -0.3 is 0 Å². The van der Waals surface area contributed by atoms with Gasteiger partial charge in [-0.15, -0.1) is 11.3 Å². The lowest BCUT2D eigenvalue weighted by Crippen LogP contribution is -2.45. The highest BCUT2D eigenvalue weighted by atomic mass is 32.1. The van der Waals surface area contributed by atoms with Gasteiger partial charge >= 0.3 is 0 Å². The molecule has 0 amide bonds. The van der Waals surface area contributed by atoms with Crippen LogP contribution in [-0.2, 0) is 19.5 Å². The first kappa shape index (κ1) is 18.8. The maximum absolute atomic E-state index is 8.91. The number of benzene rings is 2. The number of nitrogens with zero attached hydrogens (tertiary/aromatic N) is 4. The summed E-state index contributed by atoms with van der Waals surface area (Å²) in [4.78, 5) is 9.82. The molecule has 0 unspecified atom stereocenters. The van der Waals surface area contributed by atoms with Crippen LogP contribution in [0.15, 0.2) is 60.0 Å². The largest absolute Gasteiger partial charge is 0.297 e. The molecule has 1 saturated heterocycles. The van der Waals surface area contributed by atoms with Gasteiger partial charge in [-0.25, -0.2) is 4.98 Å². The monoisotopic (exact) mass is 388 g/mol. The first-order valence-corrected chi connectivity index (χ1v) is 10.6. The van der Waals surface area contributed by atoms with E-state index in [2.05, 4.69) is 63.7 Å². The van der Waals surface area contributed by atoms with E-state index in [1.54, 1.807) is 11.3 Å². The molecule has 1 aromatic heterocycles. The van der Waals surface area contributed by atoms with Gasteiger partial charge in [0.05, 0.1) is 22.3 Å². The molecule has 3 aromatic rings. The van der Waals surface area contributed by atoms with Gasteiger partial charge in [0.2, 0.25) is 0 Å². The number of hydrogen-bond acceptors (Lipinski definition) is 5. The van der Waals surface area contributed by atoms with Gasteiger partial charge in [0.25, 0.3) is 0 Å². The summed E-state index contributed by atoms with van der Waals surface area (Å²) in [5.41, 5.74) is 4.51. The second-order valence-corrected chi connectivity index (χ2v) is 8.20. The van der Waals surface area contributed by atoms with Crippen LogP contribution >= 0.6 is 11.3 Å². The highest BCUT2D eigenvalue weighted by Crippen LogP contribution is 2.17. The summed E-state index contributed by atoms with van der Waals surface area (Å²) in [6, 6.07) is 20.7. The smallest absolute Gasteiger partial charge is 0.0991 e. The lowest BCUT2D eigenvalue weighted by atomic mass is 10.1. The van der Waals surface area contributed by atoms with Crippen LogP contribution in [0.5, 0.6) is 0 Å². The van der Waals surface area contributed by atoms with Crippen LogP contribution in [0, 0.1) is 11.3 Å². The van der Waals surface area contributed by atoms with Gasteiger partial charge in [-0.3, -0.25) is 9.80 Å². The molecule has 2 aromatic carbocycles. The molecule has 4 nitrogen and oxygen atoms in total. The Morgan fingerprint density at radius 1 is 0.857 bits per heavy atom. The Morgan fingerprint density at radius 3 is 2.21 bits per heavy atom. The Morgan fingerprint density at radius 2 is 1.54 bits per heavy atom. The summed E-state index contributed by atoms with van der Waals surface area (Å²) in [6.45, 7) is 6.18. The van der Waals surface area contributed by atoms with E-state index >= 15 is 0 Å². The molecule has 28 heavy (non-hydrogen) atoms. The molecule has 0 N–H and O–H groups in total. The van der Waals surface area contributed by atoms with Crippen molar-refractivity contribution in [1.29, 1.82) is 5.26 Å². The molecule has 1 fully saturated rings. The molecule has 4 rings (SSSR count). The number of aromatic nitrogens is 1. The fourth-order valence-electron chi connectivity index (χ4n) is 3.55. The molecule has 5 heteroatoms. The number of hydrogen-bond donors (Lipinski definition) is 0. The van der Waals surface area contributed by atoms with Crippen LogP contribution < -0.4 is 0 Å². The standard InChI is InChI=1S/C23H24N4S/c24-15-20-6-8-21(9-7-20)16-26-10-12-27(13-11-26)17-22-18-28-23(25-22)14-19-4-2-1-3-5-19/h1-9,18H,10-14,16-17H2. The van der Waals surface area contributed by atoms with Crippen molar-refractivity contribution in [2.24, 2.45) is 0 Å². The number of thiazole rings is 1. The summed E-state index contributed by atoms with van der Waals surface area (Å²) in [5, 5.41) is 12.3. The Balaban J connectivity index is 1.25. The number of piperazine rings is 1. The molecule has 0 saturated carbocycles. The van der Waals surface area contributed by atoms with E-state index in [0.29, 0.717) is 0 Å². The minimum Gasteiger partial charge on any atom is -0.297 e. The van der Waals surface area contributed by atoms with Crippen LogP contribution in [0.3, 0.4) is 0 Å². The van der Waals surface area contributed by atoms with E-state index in [0.717, 1.165) is 51.3 Å². The van der Waals surface area contributed by atoms with Crippen molar-refractivity contribution < 1.29 is 0 Å². The third-order valence-corrected chi connectivity index (χ3v) is 6.03. The van der Waals surface area contributed by atoms with E-state index in [1.165, 1.54) is 21.8 Å². The Labute approximate surface area is 170 Å². The SMILES string of the molecule is N#Cc1ccc(CN2CCN(Cc3csc(Cc4ccccc4)n3)CC2)cc1. The summed E-state index contributed by atoms with van der Waals surface area (Å²) in [7, 11) is 0. The van der Waals surface area contributed by atoms with Crippen LogP contribution in [0.1, 0.15) is 27.4 Å². The molecular formula is C23H24N4S. The van der Waals surface area contributed by atoms with Crippen molar-refractivity contribution >= 4 is 11.3 Å². The maximum Gasteiger partial charge on any atom is 0.0991 e. The Hall–Kier alpha value is -2.52. The van der Waals surface area contributed by atoms with Gasteiger partial charge in [0.1, 0.15) is 0 Å². The molecule has 0 aliphatic carbocycles. The lowest BCUT2D eigenvalue weighted by molar-refractivity contribution is 0.121. The topological polar surface area (TPSA) is 43.2 Å². The second kappa shape index (κ2) is 9.11. The third kappa shape index (κ3) is 5.05. The third-order valence-electron chi connectivity index (χ3n) is 5.14. The molecule has 142 valence electrons. The van der Waals surface area contributed by atoms with E-state index < -0.39 is 0 Å². The quantitative estimate of drug-likeness (QED) is 0.642. The molecule has 2 heterocycles. The molecule has 0 atom stereocenters. The van der Waals surface area contributed by atoms with Crippen molar-refractivity contribution in [3.63, 3.8) is 0 Å². The molecule has 0 radical (unpaired) electrons. The molecule has 0 bridgehead atoms. The van der Waals surface area contributed by atoms with E-state index in [4.69, 9.17) is 10.2 Å². The predicted molar refractivity (Wildman–Crippen MR) is 113 cm³/mol. The fourth-order valence-corrected chi connectivity index (χ4v) is 4.37. The predicted octanol–water partition coefficient (Wildman–Crippen LogP) is 3.92. The van der Waals surface area contributed by atoms with Gasteiger partial charge in [0, 0.05) is 51.1 Å². The molecule has 1 aliphatic heterocycles. The summed E-state index contributed by atoms with van der Waals surface area (Å²) < 4.78 is 0. The van der Waals surface area contributed by atoms with Crippen LogP contribution in [0.25, 0.3) is 0 Å². The van der Waals surface area contributed by atoms with Crippen LogP contribution in [-0.4, -0.2) is 41.0 Å². The highest BCUT2D eigenvalue weighted by molar-refractivity contribution is 7.09. The van der Waals surface area contributed by atoms with Crippen molar-refractivity contribution in [3.8, 4) is 6.07 Å². The molecular weight excluding hydrogens is 364 g/mol. The Bertz CT molecular complexity index is 919. The van der Waals surface area contributed by atoms with Crippen molar-refractivity contribution in [1.82, 2.24) is 14.8 Å². The van der Waals surface area contributed by atoms with E-state index in [1.807, 2.05) is 12.1 Å². The van der Waals surface area contributed by atoms with Gasteiger partial charge in [0.15, 0.2) is 0 Å². The number of nitriles is 1. The van der Waals surface area contributed by atoms with Gasteiger partial charge in [-0.1, -0.05) is 42.5 Å². The van der Waals surface area contributed by atoms with E-state index in [9.17, 15) is 0 Å². The molecule has 1 aliphatic rings.